The van der Waals surface area contributed by atoms with Crippen LogP contribution in [0.2, 0.25) is 0 Å². The molecule has 2 heterocycles. The average molecular weight is 281 g/mol. The highest BCUT2D eigenvalue weighted by Gasteiger charge is 2.21. The zero-order valence-electron chi connectivity index (χ0n) is 11.1. The molecule has 98 valence electrons. The molecule has 0 aliphatic heterocycles. The maximum atomic E-state index is 4.23. The number of thiophene rings is 1. The minimum absolute atomic E-state index is 0.263. The number of nitrogens with zero attached hydrogens (tertiary/aromatic N) is 2. The van der Waals surface area contributed by atoms with Gasteiger partial charge in [-0.05, 0) is 50.0 Å². The second-order valence-corrected chi connectivity index (χ2v) is 6.38. The minimum atomic E-state index is 0.263. The lowest BCUT2D eigenvalue weighted by Crippen LogP contribution is -2.22. The van der Waals surface area contributed by atoms with Crippen molar-refractivity contribution in [2.24, 2.45) is 0 Å². The van der Waals surface area contributed by atoms with Crippen LogP contribution in [-0.4, -0.2) is 16.1 Å². The molecule has 1 atom stereocenters. The van der Waals surface area contributed by atoms with Gasteiger partial charge in [-0.15, -0.1) is 16.4 Å². The molecule has 0 aromatic carbocycles. The fraction of sp³-hybridized carbons (Fsp3) is 0.538. The molecule has 0 radical (unpaired) electrons. The number of hydrogen-bond acceptors (Lipinski definition) is 5. The van der Waals surface area contributed by atoms with Crippen molar-refractivity contribution in [2.75, 3.05) is 6.54 Å². The first-order valence-electron chi connectivity index (χ1n) is 6.37. The number of nitrogens with one attached hydrogen (secondary N) is 1. The van der Waals surface area contributed by atoms with Crippen molar-refractivity contribution < 1.29 is 0 Å². The number of hydrogen-bond donors (Lipinski definition) is 1. The average Bonchev–Trinajstić information content (AvgIpc) is 2.99. The Hall–Kier alpha value is -0.780. The lowest BCUT2D eigenvalue weighted by molar-refractivity contribution is 0.608. The summed E-state index contributed by atoms with van der Waals surface area (Å²) < 4.78 is 4.11. The Kier molecular flexibility index (Phi) is 4.86. The highest BCUT2D eigenvalue weighted by molar-refractivity contribution is 7.12. The summed E-state index contributed by atoms with van der Waals surface area (Å²) in [4.78, 5) is 3.98. The van der Waals surface area contributed by atoms with Gasteiger partial charge in [0.2, 0.25) is 0 Å². The van der Waals surface area contributed by atoms with Crippen molar-refractivity contribution in [1.29, 1.82) is 0 Å². The molecule has 0 aliphatic rings. The van der Waals surface area contributed by atoms with Crippen molar-refractivity contribution in [2.45, 2.75) is 39.7 Å². The topological polar surface area (TPSA) is 37.8 Å². The third kappa shape index (κ3) is 2.96. The number of aromatic nitrogens is 2. The summed E-state index contributed by atoms with van der Waals surface area (Å²) in [5, 5.41) is 7.85. The first-order valence-corrected chi connectivity index (χ1v) is 7.96. The summed E-state index contributed by atoms with van der Waals surface area (Å²) in [5.74, 6) is 0. The predicted octanol–water partition coefficient (Wildman–Crippen LogP) is 3.56. The lowest BCUT2D eigenvalue weighted by atomic mass is 10.1. The van der Waals surface area contributed by atoms with Crippen LogP contribution in [0.15, 0.2) is 12.1 Å². The normalized spacial score (nSPS) is 12.8. The fourth-order valence-corrected chi connectivity index (χ4v) is 3.77. The monoisotopic (exact) mass is 281 g/mol. The van der Waals surface area contributed by atoms with Gasteiger partial charge in [0.05, 0.1) is 16.6 Å². The van der Waals surface area contributed by atoms with Crippen LogP contribution in [0.4, 0.5) is 0 Å². The molecular weight excluding hydrogens is 262 g/mol. The highest BCUT2D eigenvalue weighted by Crippen LogP contribution is 2.31. The molecule has 2 aromatic rings. The van der Waals surface area contributed by atoms with Gasteiger partial charge >= 0.3 is 0 Å². The van der Waals surface area contributed by atoms with Gasteiger partial charge in [-0.3, -0.25) is 0 Å². The molecule has 0 fully saturated rings. The van der Waals surface area contributed by atoms with Crippen molar-refractivity contribution in [1.82, 2.24) is 14.9 Å². The molecular formula is C13H19N3S2. The molecule has 3 nitrogen and oxygen atoms in total. The summed E-state index contributed by atoms with van der Waals surface area (Å²) in [7, 11) is 0. The highest BCUT2D eigenvalue weighted by atomic mass is 32.1. The summed E-state index contributed by atoms with van der Waals surface area (Å²) in [6.07, 6.45) is 2.08. The quantitative estimate of drug-likeness (QED) is 0.879. The lowest BCUT2D eigenvalue weighted by Gasteiger charge is -2.16. The Morgan fingerprint density at radius 3 is 2.78 bits per heavy atom. The van der Waals surface area contributed by atoms with E-state index in [9.17, 15) is 0 Å². The predicted molar refractivity (Wildman–Crippen MR) is 78.5 cm³/mol. The Morgan fingerprint density at radius 2 is 2.17 bits per heavy atom. The van der Waals surface area contributed by atoms with Crippen LogP contribution in [0.5, 0.6) is 0 Å². The number of rotatable bonds is 6. The van der Waals surface area contributed by atoms with Gasteiger partial charge in [-0.1, -0.05) is 18.3 Å². The van der Waals surface area contributed by atoms with Crippen LogP contribution in [-0.2, 0) is 6.42 Å². The Labute approximate surface area is 116 Å². The van der Waals surface area contributed by atoms with E-state index in [1.807, 2.05) is 11.3 Å². The second-order valence-electron chi connectivity index (χ2n) is 4.27. The van der Waals surface area contributed by atoms with Gasteiger partial charge in [-0.25, -0.2) is 0 Å². The minimum Gasteiger partial charge on any atom is -0.305 e. The van der Waals surface area contributed by atoms with E-state index in [2.05, 4.69) is 47.8 Å². The van der Waals surface area contributed by atoms with E-state index in [1.54, 1.807) is 0 Å². The molecule has 5 heteroatoms. The van der Waals surface area contributed by atoms with Crippen LogP contribution in [0.3, 0.4) is 0 Å². The van der Waals surface area contributed by atoms with Crippen LogP contribution in [0, 0.1) is 6.92 Å². The Morgan fingerprint density at radius 1 is 1.33 bits per heavy atom. The maximum absolute atomic E-state index is 4.23. The fourth-order valence-electron chi connectivity index (χ4n) is 1.90. The van der Waals surface area contributed by atoms with Crippen molar-refractivity contribution in [3.63, 3.8) is 0 Å². The van der Waals surface area contributed by atoms with Crippen LogP contribution < -0.4 is 5.32 Å². The molecule has 0 saturated heterocycles. The second kappa shape index (κ2) is 6.41. The third-order valence-electron chi connectivity index (χ3n) is 2.83. The molecule has 0 saturated carbocycles. The standard InChI is InChI=1S/C13H19N3S2/c1-4-8-14-12(11-7-6-9(3)17-11)13-10(5-2)15-16-18-13/h6-7,12,14H,4-5,8H2,1-3H3. The van der Waals surface area contributed by atoms with Crippen LogP contribution >= 0.6 is 22.9 Å². The van der Waals surface area contributed by atoms with E-state index in [-0.39, 0.29) is 6.04 Å². The van der Waals surface area contributed by atoms with Gasteiger partial charge in [-0.2, -0.15) is 0 Å². The smallest absolute Gasteiger partial charge is 0.0804 e. The molecule has 0 spiro atoms. The van der Waals surface area contributed by atoms with E-state index in [0.717, 1.165) is 25.1 Å². The molecule has 2 rings (SSSR count). The maximum Gasteiger partial charge on any atom is 0.0804 e. The van der Waals surface area contributed by atoms with Crippen molar-refractivity contribution >= 4 is 22.9 Å². The van der Waals surface area contributed by atoms with Gasteiger partial charge in [0.1, 0.15) is 0 Å². The van der Waals surface area contributed by atoms with Crippen molar-refractivity contribution in [3.05, 3.63) is 32.5 Å². The first kappa shape index (κ1) is 13.6. The number of aryl methyl sites for hydroxylation is 2. The zero-order chi connectivity index (χ0) is 13.0. The zero-order valence-corrected chi connectivity index (χ0v) is 12.7. The summed E-state index contributed by atoms with van der Waals surface area (Å²) >= 11 is 3.37. The molecule has 0 bridgehead atoms. The molecule has 1 unspecified atom stereocenters. The van der Waals surface area contributed by atoms with Gasteiger partial charge in [0, 0.05) is 9.75 Å². The summed E-state index contributed by atoms with van der Waals surface area (Å²) in [6, 6.07) is 4.66. The third-order valence-corrected chi connectivity index (χ3v) is 4.72. The van der Waals surface area contributed by atoms with Gasteiger partial charge in [0.15, 0.2) is 0 Å². The van der Waals surface area contributed by atoms with E-state index < -0.39 is 0 Å². The van der Waals surface area contributed by atoms with E-state index in [1.165, 1.54) is 26.2 Å². The van der Waals surface area contributed by atoms with E-state index in [4.69, 9.17) is 0 Å². The molecule has 0 aliphatic carbocycles. The SMILES string of the molecule is CCCNC(c1ccc(C)s1)c1snnc1CC. The van der Waals surface area contributed by atoms with Gasteiger partial charge in [0.25, 0.3) is 0 Å². The molecule has 1 N–H and O–H groups in total. The summed E-state index contributed by atoms with van der Waals surface area (Å²) in [5.41, 5.74) is 1.12. The molecule has 0 amide bonds. The molecule has 18 heavy (non-hydrogen) atoms. The van der Waals surface area contributed by atoms with E-state index >= 15 is 0 Å². The Bertz CT molecular complexity index is 490. The first-order chi connectivity index (χ1) is 8.76. The Balaban J connectivity index is 2.30. The van der Waals surface area contributed by atoms with Crippen LogP contribution in [0.25, 0.3) is 0 Å². The van der Waals surface area contributed by atoms with E-state index in [0.29, 0.717) is 0 Å². The molecule has 2 aromatic heterocycles. The largest absolute Gasteiger partial charge is 0.305 e. The van der Waals surface area contributed by atoms with Gasteiger partial charge < -0.3 is 5.32 Å². The van der Waals surface area contributed by atoms with Crippen molar-refractivity contribution in [3.8, 4) is 0 Å². The van der Waals surface area contributed by atoms with Crippen LogP contribution in [0.1, 0.15) is 46.6 Å². The summed E-state index contributed by atoms with van der Waals surface area (Å²) in [6.45, 7) is 7.49.